The van der Waals surface area contributed by atoms with Gasteiger partial charge in [-0.2, -0.15) is 0 Å². The minimum Gasteiger partial charge on any atom is -0.508 e. The Bertz CT molecular complexity index is 587. The van der Waals surface area contributed by atoms with Crippen LogP contribution in [0.2, 0.25) is 0 Å². The quantitative estimate of drug-likeness (QED) is 0.670. The SMILES string of the molecule is O=C(c1cc(O)ccc1[N+](=O)[O-])N1CCCC2CCCC21. The molecule has 1 amide bonds. The van der Waals surface area contributed by atoms with Crippen LogP contribution in [0.25, 0.3) is 0 Å². The number of likely N-dealkylation sites (tertiary alicyclic amines) is 1. The second-order valence-corrected chi connectivity index (χ2v) is 5.86. The summed E-state index contributed by atoms with van der Waals surface area (Å²) >= 11 is 0. The van der Waals surface area contributed by atoms with Crippen LogP contribution >= 0.6 is 0 Å². The number of nitro groups is 1. The van der Waals surface area contributed by atoms with Crippen LogP contribution in [0.5, 0.6) is 5.75 Å². The van der Waals surface area contributed by atoms with Crippen molar-refractivity contribution in [3.8, 4) is 5.75 Å². The van der Waals surface area contributed by atoms with Crippen LogP contribution in [0.3, 0.4) is 0 Å². The highest BCUT2D eigenvalue weighted by Crippen LogP contribution is 2.38. The molecular formula is C15H18N2O4. The summed E-state index contributed by atoms with van der Waals surface area (Å²) in [5, 5.41) is 20.7. The zero-order chi connectivity index (χ0) is 15.0. The molecule has 0 bridgehead atoms. The van der Waals surface area contributed by atoms with E-state index in [1.807, 2.05) is 0 Å². The molecule has 2 atom stereocenters. The van der Waals surface area contributed by atoms with Crippen LogP contribution in [-0.2, 0) is 0 Å². The van der Waals surface area contributed by atoms with E-state index in [1.54, 1.807) is 4.90 Å². The number of carbonyl (C=O) groups excluding carboxylic acids is 1. The van der Waals surface area contributed by atoms with Crippen LogP contribution in [0.4, 0.5) is 5.69 Å². The van der Waals surface area contributed by atoms with Crippen molar-refractivity contribution in [3.63, 3.8) is 0 Å². The fourth-order valence-electron chi connectivity index (χ4n) is 3.72. The lowest BCUT2D eigenvalue weighted by Crippen LogP contribution is -2.46. The lowest BCUT2D eigenvalue weighted by molar-refractivity contribution is -0.385. The van der Waals surface area contributed by atoms with Crippen molar-refractivity contribution in [2.45, 2.75) is 38.1 Å². The molecule has 2 unspecified atom stereocenters. The molecule has 2 aliphatic rings. The van der Waals surface area contributed by atoms with E-state index >= 15 is 0 Å². The Labute approximate surface area is 122 Å². The predicted molar refractivity (Wildman–Crippen MR) is 76.2 cm³/mol. The maximum atomic E-state index is 12.7. The summed E-state index contributed by atoms with van der Waals surface area (Å²) in [7, 11) is 0. The largest absolute Gasteiger partial charge is 0.508 e. The van der Waals surface area contributed by atoms with Gasteiger partial charge in [-0.25, -0.2) is 0 Å². The third-order valence-corrected chi connectivity index (χ3v) is 4.66. The number of hydrogen-bond donors (Lipinski definition) is 1. The lowest BCUT2D eigenvalue weighted by Gasteiger charge is -2.37. The average Bonchev–Trinajstić information content (AvgIpc) is 2.94. The number of piperidine rings is 1. The van der Waals surface area contributed by atoms with E-state index in [9.17, 15) is 20.0 Å². The number of amides is 1. The van der Waals surface area contributed by atoms with Gasteiger partial charge in [-0.3, -0.25) is 14.9 Å². The average molecular weight is 290 g/mol. The molecule has 6 nitrogen and oxygen atoms in total. The minimum absolute atomic E-state index is 0.00690. The Morgan fingerprint density at radius 1 is 1.29 bits per heavy atom. The molecule has 3 rings (SSSR count). The second kappa shape index (κ2) is 5.35. The second-order valence-electron chi connectivity index (χ2n) is 5.86. The van der Waals surface area contributed by atoms with E-state index < -0.39 is 4.92 Å². The van der Waals surface area contributed by atoms with Gasteiger partial charge in [0, 0.05) is 18.7 Å². The monoisotopic (exact) mass is 290 g/mol. The van der Waals surface area contributed by atoms with Crippen molar-refractivity contribution in [1.82, 2.24) is 4.90 Å². The first-order valence-electron chi connectivity index (χ1n) is 7.36. The molecule has 21 heavy (non-hydrogen) atoms. The van der Waals surface area contributed by atoms with Crippen molar-refractivity contribution in [1.29, 1.82) is 0 Å². The highest BCUT2D eigenvalue weighted by molar-refractivity contribution is 5.98. The molecule has 1 aliphatic carbocycles. The van der Waals surface area contributed by atoms with Crippen molar-refractivity contribution in [2.24, 2.45) is 5.92 Å². The molecule has 0 spiro atoms. The molecular weight excluding hydrogens is 272 g/mol. The Morgan fingerprint density at radius 2 is 2.05 bits per heavy atom. The first kappa shape index (κ1) is 13.9. The fraction of sp³-hybridized carbons (Fsp3) is 0.533. The smallest absolute Gasteiger partial charge is 0.282 e. The molecule has 1 saturated carbocycles. The van der Waals surface area contributed by atoms with Crippen LogP contribution in [0.15, 0.2) is 18.2 Å². The summed E-state index contributed by atoms with van der Waals surface area (Å²) in [5.74, 6) is 0.0807. The number of nitrogens with zero attached hydrogens (tertiary/aromatic N) is 2. The van der Waals surface area contributed by atoms with Gasteiger partial charge >= 0.3 is 0 Å². The number of phenolic OH excluding ortho intramolecular Hbond substituents is 1. The lowest BCUT2D eigenvalue weighted by atomic mass is 9.91. The number of benzene rings is 1. The zero-order valence-electron chi connectivity index (χ0n) is 11.7. The van der Waals surface area contributed by atoms with Crippen LogP contribution in [0, 0.1) is 16.0 Å². The number of aromatic hydroxyl groups is 1. The molecule has 1 aromatic rings. The summed E-state index contributed by atoms with van der Waals surface area (Å²) < 4.78 is 0. The maximum absolute atomic E-state index is 12.7. The topological polar surface area (TPSA) is 83.7 Å². The van der Waals surface area contributed by atoms with Crippen molar-refractivity contribution in [3.05, 3.63) is 33.9 Å². The fourth-order valence-corrected chi connectivity index (χ4v) is 3.72. The van der Waals surface area contributed by atoms with E-state index in [2.05, 4.69) is 0 Å². The van der Waals surface area contributed by atoms with Crippen molar-refractivity contribution < 1.29 is 14.8 Å². The first-order chi connectivity index (χ1) is 10.1. The van der Waals surface area contributed by atoms with Gasteiger partial charge < -0.3 is 10.0 Å². The number of carbonyl (C=O) groups is 1. The van der Waals surface area contributed by atoms with Crippen molar-refractivity contribution in [2.75, 3.05) is 6.54 Å². The summed E-state index contributed by atoms with van der Waals surface area (Å²) in [6.07, 6.45) is 5.30. The first-order valence-corrected chi connectivity index (χ1v) is 7.36. The van der Waals surface area contributed by atoms with E-state index in [0.717, 1.165) is 32.1 Å². The van der Waals surface area contributed by atoms with Gasteiger partial charge in [-0.05, 0) is 43.7 Å². The molecule has 1 N–H and O–H groups in total. The van der Waals surface area contributed by atoms with Gasteiger partial charge in [0.25, 0.3) is 11.6 Å². The normalized spacial score (nSPS) is 24.7. The Hall–Kier alpha value is -2.11. The van der Waals surface area contributed by atoms with E-state index in [4.69, 9.17) is 0 Å². The standard InChI is InChI=1S/C15H18N2O4/c18-11-6-7-14(17(20)21)12(9-11)15(19)16-8-2-4-10-3-1-5-13(10)16/h6-7,9-10,13,18H,1-5,8H2. The van der Waals surface area contributed by atoms with Crippen LogP contribution < -0.4 is 0 Å². The summed E-state index contributed by atoms with van der Waals surface area (Å²) in [5.41, 5.74) is -0.245. The number of hydrogen-bond acceptors (Lipinski definition) is 4. The highest BCUT2D eigenvalue weighted by atomic mass is 16.6. The van der Waals surface area contributed by atoms with E-state index in [0.29, 0.717) is 12.5 Å². The molecule has 2 fully saturated rings. The zero-order valence-corrected chi connectivity index (χ0v) is 11.7. The Kier molecular flexibility index (Phi) is 3.53. The van der Waals surface area contributed by atoms with Crippen LogP contribution in [-0.4, -0.2) is 33.4 Å². The Morgan fingerprint density at radius 3 is 2.81 bits per heavy atom. The molecule has 1 saturated heterocycles. The maximum Gasteiger partial charge on any atom is 0.282 e. The molecule has 1 heterocycles. The van der Waals surface area contributed by atoms with Crippen molar-refractivity contribution >= 4 is 11.6 Å². The van der Waals surface area contributed by atoms with E-state index in [1.165, 1.54) is 18.2 Å². The Balaban J connectivity index is 1.94. The summed E-state index contributed by atoms with van der Waals surface area (Å²) in [4.78, 5) is 25.0. The van der Waals surface area contributed by atoms with Gasteiger partial charge in [-0.1, -0.05) is 6.42 Å². The van der Waals surface area contributed by atoms with Gasteiger partial charge in [0.2, 0.25) is 0 Å². The summed E-state index contributed by atoms with van der Waals surface area (Å²) in [6, 6.07) is 3.84. The van der Waals surface area contributed by atoms with Gasteiger partial charge in [0.05, 0.1) is 4.92 Å². The number of phenols is 1. The minimum atomic E-state index is -0.567. The highest BCUT2D eigenvalue weighted by Gasteiger charge is 2.39. The van der Waals surface area contributed by atoms with Gasteiger partial charge in [0.15, 0.2) is 0 Å². The predicted octanol–water partition coefficient (Wildman–Crippen LogP) is 2.71. The number of nitro benzene ring substituents is 1. The van der Waals surface area contributed by atoms with E-state index in [-0.39, 0.29) is 28.9 Å². The third kappa shape index (κ3) is 2.46. The number of rotatable bonds is 2. The molecule has 6 heteroatoms. The molecule has 0 radical (unpaired) electrons. The summed E-state index contributed by atoms with van der Waals surface area (Å²) in [6.45, 7) is 0.646. The molecule has 1 aliphatic heterocycles. The molecule has 0 aromatic heterocycles. The molecule has 1 aromatic carbocycles. The van der Waals surface area contributed by atoms with Gasteiger partial charge in [0.1, 0.15) is 11.3 Å². The molecule has 112 valence electrons. The number of fused-ring (bicyclic) bond motifs is 1. The van der Waals surface area contributed by atoms with Crippen LogP contribution in [0.1, 0.15) is 42.5 Å². The third-order valence-electron chi connectivity index (χ3n) is 4.66. The van der Waals surface area contributed by atoms with Gasteiger partial charge in [-0.15, -0.1) is 0 Å².